The number of carbonyl (C=O) groups excluding carboxylic acids is 2. The number of aromatic nitrogens is 4. The lowest BCUT2D eigenvalue weighted by Gasteiger charge is -2.23. The van der Waals surface area contributed by atoms with Crippen LogP contribution in [0.5, 0.6) is 0 Å². The van der Waals surface area contributed by atoms with Crippen LogP contribution in [0.15, 0.2) is 36.7 Å². The summed E-state index contributed by atoms with van der Waals surface area (Å²) in [7, 11) is 0. The molecular formula is C29H30N6O2. The molecule has 0 spiro atoms. The van der Waals surface area contributed by atoms with E-state index < -0.39 is 0 Å². The number of hydrogen-bond acceptors (Lipinski definition) is 4. The van der Waals surface area contributed by atoms with E-state index >= 15 is 0 Å². The zero-order valence-corrected chi connectivity index (χ0v) is 20.9. The summed E-state index contributed by atoms with van der Waals surface area (Å²) in [5.41, 5.74) is 3.29. The standard InChI is InChI=1S/C29H30N6O2/c1-2-4-26-30-17-23(33-26)14-10-20-6-8-21(9-7-20)11-15-24-18-31-28(34-24)25-5-3-16-35(25)27(36)19-32-29(37)22-12-13-22/h6-9,17-18,22,25H,2-5,12-13,16,19H2,1H3,(H,30,33)(H,31,34)(H,32,37). The van der Waals surface area contributed by atoms with Crippen molar-refractivity contribution < 1.29 is 9.59 Å². The maximum absolute atomic E-state index is 12.7. The van der Waals surface area contributed by atoms with Gasteiger partial charge in [0.05, 0.1) is 25.0 Å². The van der Waals surface area contributed by atoms with Crippen molar-refractivity contribution in [2.24, 2.45) is 5.92 Å². The molecule has 1 saturated carbocycles. The van der Waals surface area contributed by atoms with Crippen LogP contribution in [-0.4, -0.2) is 49.7 Å². The fourth-order valence-corrected chi connectivity index (χ4v) is 4.38. The lowest BCUT2D eigenvalue weighted by Crippen LogP contribution is -2.40. The van der Waals surface area contributed by atoms with E-state index in [0.29, 0.717) is 12.2 Å². The first kappa shape index (κ1) is 24.4. The van der Waals surface area contributed by atoms with Gasteiger partial charge in [-0.1, -0.05) is 18.8 Å². The summed E-state index contributed by atoms with van der Waals surface area (Å²) in [5, 5.41) is 2.77. The van der Waals surface area contributed by atoms with Gasteiger partial charge in [-0.05, 0) is 68.2 Å². The highest BCUT2D eigenvalue weighted by molar-refractivity contribution is 5.87. The van der Waals surface area contributed by atoms with Crippen LogP contribution in [0.4, 0.5) is 0 Å². The molecule has 2 fully saturated rings. The highest BCUT2D eigenvalue weighted by Crippen LogP contribution is 2.31. The first-order valence-electron chi connectivity index (χ1n) is 12.9. The fourth-order valence-electron chi connectivity index (χ4n) is 4.38. The molecule has 2 aliphatic rings. The number of aromatic amines is 2. The summed E-state index contributed by atoms with van der Waals surface area (Å²) in [6, 6.07) is 7.66. The number of nitrogens with one attached hydrogen (secondary N) is 3. The fraction of sp³-hybridized carbons (Fsp3) is 0.379. The third-order valence-corrected chi connectivity index (χ3v) is 6.53. The number of hydrogen-bond donors (Lipinski definition) is 3. The molecule has 1 aliphatic heterocycles. The highest BCUT2D eigenvalue weighted by atomic mass is 16.2. The van der Waals surface area contributed by atoms with Crippen molar-refractivity contribution in [2.45, 2.75) is 51.5 Å². The molecule has 2 amide bonds. The summed E-state index contributed by atoms with van der Waals surface area (Å²) in [4.78, 5) is 41.7. The first-order valence-corrected chi connectivity index (χ1v) is 12.9. The van der Waals surface area contributed by atoms with Gasteiger partial charge in [0, 0.05) is 30.0 Å². The van der Waals surface area contributed by atoms with Gasteiger partial charge in [-0.2, -0.15) is 0 Å². The molecule has 1 saturated heterocycles. The van der Waals surface area contributed by atoms with Crippen LogP contribution in [0.2, 0.25) is 0 Å². The molecular weight excluding hydrogens is 464 g/mol. The number of rotatable bonds is 6. The molecule has 0 bridgehead atoms. The van der Waals surface area contributed by atoms with Crippen LogP contribution in [0, 0.1) is 29.6 Å². The van der Waals surface area contributed by atoms with Crippen LogP contribution < -0.4 is 5.32 Å². The minimum absolute atomic E-state index is 0.0152. The van der Waals surface area contributed by atoms with E-state index in [1.807, 2.05) is 24.3 Å². The van der Waals surface area contributed by atoms with Gasteiger partial charge < -0.3 is 20.2 Å². The van der Waals surface area contributed by atoms with E-state index in [4.69, 9.17) is 0 Å². The van der Waals surface area contributed by atoms with Crippen molar-refractivity contribution in [1.82, 2.24) is 30.2 Å². The van der Waals surface area contributed by atoms with Crippen LogP contribution in [0.1, 0.15) is 79.2 Å². The average Bonchev–Trinajstić information content (AvgIpc) is 3.27. The molecule has 3 aromatic rings. The number of nitrogens with zero attached hydrogens (tertiary/aromatic N) is 3. The first-order chi connectivity index (χ1) is 18.1. The predicted octanol–water partition coefficient (Wildman–Crippen LogP) is 3.07. The van der Waals surface area contributed by atoms with Gasteiger partial charge in [-0.15, -0.1) is 0 Å². The molecule has 8 heteroatoms. The van der Waals surface area contributed by atoms with Gasteiger partial charge in [0.25, 0.3) is 0 Å². The number of carbonyl (C=O) groups is 2. The second-order valence-corrected chi connectivity index (χ2v) is 9.49. The Kier molecular flexibility index (Phi) is 7.37. The SMILES string of the molecule is CCCc1ncc(C#Cc2ccc(C#Cc3cnc(C4CCCN4C(=O)CNC(=O)C4CC4)[nH]3)cc2)[nH]1. The number of H-pyrrole nitrogens is 2. The number of imidazole rings is 2. The van der Waals surface area contributed by atoms with Crippen molar-refractivity contribution in [3.8, 4) is 23.7 Å². The average molecular weight is 495 g/mol. The molecule has 8 nitrogen and oxygen atoms in total. The molecule has 188 valence electrons. The van der Waals surface area contributed by atoms with E-state index in [1.165, 1.54) is 0 Å². The van der Waals surface area contributed by atoms with Gasteiger partial charge in [0.1, 0.15) is 23.0 Å². The number of aryl methyl sites for hydroxylation is 1. The van der Waals surface area contributed by atoms with Crippen LogP contribution in [0.25, 0.3) is 0 Å². The molecule has 3 N–H and O–H groups in total. The normalized spacial score (nSPS) is 16.5. The minimum Gasteiger partial charge on any atom is -0.347 e. The Morgan fingerprint density at radius 2 is 1.65 bits per heavy atom. The molecule has 1 aliphatic carbocycles. The Labute approximate surface area is 216 Å². The van der Waals surface area contributed by atoms with E-state index in [2.05, 4.69) is 55.9 Å². The van der Waals surface area contributed by atoms with Crippen molar-refractivity contribution in [3.05, 3.63) is 70.8 Å². The Hall–Kier alpha value is -4.30. The summed E-state index contributed by atoms with van der Waals surface area (Å²) in [6.45, 7) is 2.83. The van der Waals surface area contributed by atoms with Gasteiger partial charge in [-0.3, -0.25) is 9.59 Å². The topological polar surface area (TPSA) is 107 Å². The van der Waals surface area contributed by atoms with E-state index in [1.54, 1.807) is 17.3 Å². The van der Waals surface area contributed by atoms with E-state index in [0.717, 1.165) is 67.0 Å². The second-order valence-electron chi connectivity index (χ2n) is 9.49. The predicted molar refractivity (Wildman–Crippen MR) is 139 cm³/mol. The Bertz CT molecular complexity index is 1390. The zero-order chi connectivity index (χ0) is 25.6. The number of likely N-dealkylation sites (tertiary alicyclic amines) is 1. The monoisotopic (exact) mass is 494 g/mol. The molecule has 37 heavy (non-hydrogen) atoms. The molecule has 1 atom stereocenters. The van der Waals surface area contributed by atoms with Crippen molar-refractivity contribution >= 4 is 11.8 Å². The van der Waals surface area contributed by atoms with Gasteiger partial charge >= 0.3 is 0 Å². The molecule has 2 aromatic heterocycles. The smallest absolute Gasteiger partial charge is 0.242 e. The highest BCUT2D eigenvalue weighted by Gasteiger charge is 2.33. The van der Waals surface area contributed by atoms with Crippen LogP contribution >= 0.6 is 0 Å². The summed E-state index contributed by atoms with van der Waals surface area (Å²) in [5.74, 6) is 14.2. The second kappa shape index (κ2) is 11.2. The van der Waals surface area contributed by atoms with Gasteiger partial charge in [-0.25, -0.2) is 9.97 Å². The Balaban J connectivity index is 1.18. The number of amides is 2. The number of benzene rings is 1. The third kappa shape index (κ3) is 6.29. The Morgan fingerprint density at radius 1 is 0.973 bits per heavy atom. The van der Waals surface area contributed by atoms with Gasteiger partial charge in [0.2, 0.25) is 11.8 Å². The molecule has 1 aromatic carbocycles. The molecule has 0 radical (unpaired) electrons. The lowest BCUT2D eigenvalue weighted by atomic mass is 10.1. The maximum Gasteiger partial charge on any atom is 0.242 e. The summed E-state index contributed by atoms with van der Waals surface area (Å²) < 4.78 is 0. The van der Waals surface area contributed by atoms with Crippen LogP contribution in [0.3, 0.4) is 0 Å². The molecule has 1 unspecified atom stereocenters. The summed E-state index contributed by atoms with van der Waals surface area (Å²) >= 11 is 0. The Morgan fingerprint density at radius 3 is 2.32 bits per heavy atom. The van der Waals surface area contributed by atoms with E-state index in [9.17, 15) is 9.59 Å². The summed E-state index contributed by atoms with van der Waals surface area (Å²) in [6.07, 6.45) is 9.03. The quantitative estimate of drug-likeness (QED) is 0.458. The maximum atomic E-state index is 12.7. The third-order valence-electron chi connectivity index (χ3n) is 6.53. The molecule has 3 heterocycles. The lowest BCUT2D eigenvalue weighted by molar-refractivity contribution is -0.134. The van der Waals surface area contributed by atoms with Crippen LogP contribution in [-0.2, 0) is 16.0 Å². The van der Waals surface area contributed by atoms with E-state index in [-0.39, 0.29) is 30.3 Å². The zero-order valence-electron chi connectivity index (χ0n) is 20.9. The van der Waals surface area contributed by atoms with Crippen molar-refractivity contribution in [3.63, 3.8) is 0 Å². The van der Waals surface area contributed by atoms with Gasteiger partial charge in [0.15, 0.2) is 0 Å². The van der Waals surface area contributed by atoms with Crippen molar-refractivity contribution in [2.75, 3.05) is 13.1 Å². The molecule has 5 rings (SSSR count). The van der Waals surface area contributed by atoms with Crippen molar-refractivity contribution in [1.29, 1.82) is 0 Å². The largest absolute Gasteiger partial charge is 0.347 e. The minimum atomic E-state index is -0.119.